The van der Waals surface area contributed by atoms with Crippen molar-refractivity contribution in [3.8, 4) is 0 Å². The van der Waals surface area contributed by atoms with Gasteiger partial charge in [-0.3, -0.25) is 18.3 Å². The first-order chi connectivity index (χ1) is 11.5. The van der Waals surface area contributed by atoms with Crippen LogP contribution in [0.15, 0.2) is 15.8 Å². The van der Waals surface area contributed by atoms with Crippen LogP contribution >= 0.6 is 11.8 Å². The molecule has 0 aromatic carbocycles. The molecule has 1 aromatic heterocycles. The number of aliphatic hydroxyl groups is 2. The second-order valence-corrected chi connectivity index (χ2v) is 7.60. The van der Waals surface area contributed by atoms with Crippen LogP contribution in [0.1, 0.15) is 43.0 Å². The second kappa shape index (κ2) is 8.82. The van der Waals surface area contributed by atoms with E-state index in [-0.39, 0.29) is 35.2 Å². The topological polar surface area (TPSA) is 84.5 Å². The maximum Gasteiger partial charge on any atom is 0.331 e. The highest BCUT2D eigenvalue weighted by molar-refractivity contribution is 8.00. The Bertz CT molecular complexity index is 660. The summed E-state index contributed by atoms with van der Waals surface area (Å²) in [7, 11) is 0. The number of aromatic nitrogens is 2. The lowest BCUT2D eigenvalue weighted by molar-refractivity contribution is 0.137. The molecule has 2 heterocycles. The van der Waals surface area contributed by atoms with Crippen molar-refractivity contribution in [3.63, 3.8) is 0 Å². The summed E-state index contributed by atoms with van der Waals surface area (Å²) >= 11 is 1.35. The molecule has 2 N–H and O–H groups in total. The molecule has 1 aliphatic rings. The van der Waals surface area contributed by atoms with Crippen LogP contribution in [-0.4, -0.2) is 44.0 Å². The van der Waals surface area contributed by atoms with Gasteiger partial charge in [-0.2, -0.15) is 0 Å². The summed E-state index contributed by atoms with van der Waals surface area (Å²) in [5.41, 5.74) is -0.218. The number of rotatable bonds is 8. The fourth-order valence-corrected chi connectivity index (χ4v) is 4.30. The fraction of sp³-hybridized carbons (Fsp3) is 0.750. The van der Waals surface area contributed by atoms with E-state index in [2.05, 4.69) is 0 Å². The Morgan fingerprint density at radius 1 is 1.29 bits per heavy atom. The molecule has 24 heavy (non-hydrogen) atoms. The lowest BCUT2D eigenvalue weighted by Gasteiger charge is -2.16. The number of halogens is 1. The smallest absolute Gasteiger partial charge is 0.331 e. The number of aliphatic hydroxyl groups excluding tert-OH is 2. The van der Waals surface area contributed by atoms with Gasteiger partial charge in [0.25, 0.3) is 5.56 Å². The third-order valence-electron chi connectivity index (χ3n) is 4.33. The van der Waals surface area contributed by atoms with Crippen molar-refractivity contribution < 1.29 is 14.6 Å². The zero-order valence-corrected chi connectivity index (χ0v) is 14.7. The van der Waals surface area contributed by atoms with E-state index in [1.807, 2.05) is 0 Å². The predicted molar refractivity (Wildman–Crippen MR) is 92.3 cm³/mol. The second-order valence-electron chi connectivity index (χ2n) is 6.18. The van der Waals surface area contributed by atoms with E-state index in [1.165, 1.54) is 27.1 Å². The number of thioether (sulfide) groups is 1. The normalized spacial score (nSPS) is 23.8. The molecule has 0 amide bonds. The van der Waals surface area contributed by atoms with E-state index < -0.39 is 6.10 Å². The third kappa shape index (κ3) is 4.29. The molecule has 2 rings (SSSR count). The lowest BCUT2D eigenvalue weighted by atomic mass is 10.2. The van der Waals surface area contributed by atoms with Crippen molar-refractivity contribution >= 4 is 11.8 Å². The maximum absolute atomic E-state index is 12.7. The van der Waals surface area contributed by atoms with Crippen LogP contribution in [-0.2, 0) is 6.54 Å². The molecule has 0 aliphatic carbocycles. The Hall–Kier alpha value is -1.12. The Kier molecular flexibility index (Phi) is 7.06. The zero-order chi connectivity index (χ0) is 17.7. The quantitative estimate of drug-likeness (QED) is 0.681. The minimum Gasteiger partial charge on any atom is -0.395 e. The van der Waals surface area contributed by atoms with Gasteiger partial charge in [-0.1, -0.05) is 12.8 Å². The van der Waals surface area contributed by atoms with E-state index in [9.17, 15) is 24.2 Å². The minimum absolute atomic E-state index is 0.149. The Labute approximate surface area is 144 Å². The summed E-state index contributed by atoms with van der Waals surface area (Å²) in [6, 6.07) is 0. The van der Waals surface area contributed by atoms with Gasteiger partial charge in [0.2, 0.25) is 0 Å². The van der Waals surface area contributed by atoms with E-state index in [0.717, 1.165) is 12.8 Å². The highest BCUT2D eigenvalue weighted by Crippen LogP contribution is 2.40. The van der Waals surface area contributed by atoms with Gasteiger partial charge in [-0.15, -0.1) is 11.8 Å². The number of hydrogen-bond acceptors (Lipinski definition) is 5. The van der Waals surface area contributed by atoms with Crippen molar-refractivity contribution in [2.24, 2.45) is 0 Å². The first kappa shape index (κ1) is 19.2. The zero-order valence-electron chi connectivity index (χ0n) is 13.9. The molecular formula is C16H25FN2O4S. The van der Waals surface area contributed by atoms with Crippen molar-refractivity contribution in [1.29, 1.82) is 0 Å². The number of unbranched alkanes of at least 4 members (excludes halogenated alkanes) is 3. The number of alkyl halides is 1. The van der Waals surface area contributed by atoms with Crippen LogP contribution in [0.2, 0.25) is 0 Å². The minimum atomic E-state index is -0.668. The van der Waals surface area contributed by atoms with E-state index in [1.54, 1.807) is 6.92 Å². The monoisotopic (exact) mass is 360 g/mol. The van der Waals surface area contributed by atoms with Crippen LogP contribution in [0.4, 0.5) is 4.39 Å². The molecule has 0 spiro atoms. The highest BCUT2D eigenvalue weighted by Gasteiger charge is 2.35. The molecule has 1 fully saturated rings. The molecule has 8 heteroatoms. The molecule has 1 saturated heterocycles. The summed E-state index contributed by atoms with van der Waals surface area (Å²) in [5.74, 6) is 0. The standard InChI is InChI=1S/C16H25FN2O4S/c1-11-9-19(14-8-12(21)13(10-20)24-14)16(23)18(15(11)22)7-5-3-2-4-6-17/h9,12-14,20-21H,2-8,10H2,1H3/t12-,13+,14+/m0/s1. The van der Waals surface area contributed by atoms with E-state index in [4.69, 9.17) is 0 Å². The van der Waals surface area contributed by atoms with Gasteiger partial charge in [0, 0.05) is 24.7 Å². The molecule has 3 atom stereocenters. The van der Waals surface area contributed by atoms with Gasteiger partial charge >= 0.3 is 5.69 Å². The fourth-order valence-electron chi connectivity index (χ4n) is 2.93. The predicted octanol–water partition coefficient (Wildman–Crippen LogP) is 1.21. The molecule has 1 aromatic rings. The molecule has 136 valence electrons. The van der Waals surface area contributed by atoms with Gasteiger partial charge in [0.1, 0.15) is 0 Å². The Morgan fingerprint density at radius 2 is 2.00 bits per heavy atom. The summed E-state index contributed by atoms with van der Waals surface area (Å²) in [6.07, 6.45) is 3.91. The SMILES string of the molecule is Cc1cn([C@H]2C[C@H](O)[C@@H](CO)S2)c(=O)n(CCCCCCF)c1=O. The number of nitrogens with zero attached hydrogens (tertiary/aromatic N) is 2. The molecular weight excluding hydrogens is 335 g/mol. The number of aryl methyl sites for hydroxylation is 1. The van der Waals surface area contributed by atoms with Gasteiger partial charge in [0.15, 0.2) is 0 Å². The van der Waals surface area contributed by atoms with Crippen molar-refractivity contribution in [1.82, 2.24) is 9.13 Å². The Balaban J connectivity index is 2.19. The highest BCUT2D eigenvalue weighted by atomic mass is 32.2. The van der Waals surface area contributed by atoms with Crippen LogP contribution in [0.5, 0.6) is 0 Å². The van der Waals surface area contributed by atoms with E-state index in [0.29, 0.717) is 31.4 Å². The van der Waals surface area contributed by atoms with Crippen LogP contribution in [0.3, 0.4) is 0 Å². The first-order valence-corrected chi connectivity index (χ1v) is 9.26. The van der Waals surface area contributed by atoms with Crippen molar-refractivity contribution in [3.05, 3.63) is 32.6 Å². The van der Waals surface area contributed by atoms with Crippen LogP contribution in [0, 0.1) is 6.92 Å². The van der Waals surface area contributed by atoms with Gasteiger partial charge in [-0.05, 0) is 19.8 Å². The van der Waals surface area contributed by atoms with Crippen LogP contribution in [0.25, 0.3) is 0 Å². The maximum atomic E-state index is 12.7. The van der Waals surface area contributed by atoms with E-state index >= 15 is 0 Å². The Morgan fingerprint density at radius 3 is 2.62 bits per heavy atom. The average molecular weight is 360 g/mol. The number of hydrogen-bond donors (Lipinski definition) is 2. The summed E-state index contributed by atoms with van der Waals surface area (Å²) in [6.45, 7) is 1.49. The first-order valence-electron chi connectivity index (χ1n) is 8.32. The van der Waals surface area contributed by atoms with Crippen molar-refractivity contribution in [2.75, 3.05) is 13.3 Å². The van der Waals surface area contributed by atoms with Crippen molar-refractivity contribution in [2.45, 2.75) is 62.3 Å². The van der Waals surface area contributed by atoms with Crippen LogP contribution < -0.4 is 11.2 Å². The molecule has 0 radical (unpaired) electrons. The summed E-state index contributed by atoms with van der Waals surface area (Å²) in [5, 5.41) is 18.6. The summed E-state index contributed by atoms with van der Waals surface area (Å²) in [4.78, 5) is 24.9. The molecule has 0 unspecified atom stereocenters. The van der Waals surface area contributed by atoms with Gasteiger partial charge in [-0.25, -0.2) is 4.79 Å². The third-order valence-corrected chi connectivity index (χ3v) is 5.87. The molecule has 6 nitrogen and oxygen atoms in total. The molecule has 0 bridgehead atoms. The largest absolute Gasteiger partial charge is 0.395 e. The lowest BCUT2D eigenvalue weighted by Crippen LogP contribution is -2.41. The van der Waals surface area contributed by atoms with Gasteiger partial charge in [0.05, 0.1) is 30.0 Å². The van der Waals surface area contributed by atoms with Gasteiger partial charge < -0.3 is 10.2 Å². The summed E-state index contributed by atoms with van der Waals surface area (Å²) < 4.78 is 14.8. The molecule has 1 aliphatic heterocycles. The average Bonchev–Trinajstić information content (AvgIpc) is 2.94. The molecule has 0 saturated carbocycles.